The Bertz CT molecular complexity index is 477. The van der Waals surface area contributed by atoms with Gasteiger partial charge >= 0.3 is 0 Å². The molecule has 1 heterocycles. The maximum Gasteiger partial charge on any atom is 0.134 e. The molecule has 3 N–H and O–H groups in total. The van der Waals surface area contributed by atoms with Crippen LogP contribution in [0.4, 0.5) is 11.5 Å². The highest BCUT2D eigenvalue weighted by Gasteiger charge is 2.04. The molecule has 2 rings (SSSR count). The number of nitrogens with one attached hydrogen (secondary N) is 1. The first-order valence-corrected chi connectivity index (χ1v) is 5.08. The van der Waals surface area contributed by atoms with Gasteiger partial charge in [-0.2, -0.15) is 0 Å². The van der Waals surface area contributed by atoms with Gasteiger partial charge in [-0.25, -0.2) is 4.98 Å². The average molecular weight is 201 g/mol. The lowest BCUT2D eigenvalue weighted by Gasteiger charge is -2.12. The van der Waals surface area contributed by atoms with Crippen LogP contribution in [0.5, 0.6) is 0 Å². The van der Waals surface area contributed by atoms with Crippen LogP contribution in [-0.2, 0) is 0 Å². The van der Waals surface area contributed by atoms with Crippen LogP contribution in [0.2, 0.25) is 0 Å². The summed E-state index contributed by atoms with van der Waals surface area (Å²) in [5, 5.41) is 5.44. The minimum Gasteiger partial charge on any atom is -0.398 e. The zero-order valence-corrected chi connectivity index (χ0v) is 8.99. The second-order valence-electron chi connectivity index (χ2n) is 3.90. The molecule has 0 fully saturated rings. The Labute approximate surface area is 89.3 Å². The van der Waals surface area contributed by atoms with Crippen molar-refractivity contribution < 1.29 is 0 Å². The lowest BCUT2D eigenvalue weighted by atomic mass is 10.1. The number of pyridine rings is 1. The van der Waals surface area contributed by atoms with E-state index in [4.69, 9.17) is 5.73 Å². The molecule has 0 aliphatic rings. The first kappa shape index (κ1) is 9.77. The van der Waals surface area contributed by atoms with Gasteiger partial charge in [-0.15, -0.1) is 0 Å². The Hall–Kier alpha value is -1.77. The SMILES string of the molecule is CC(C)Nc1nccc2c(N)cccc12. The maximum absolute atomic E-state index is 5.90. The van der Waals surface area contributed by atoms with Crippen molar-refractivity contribution in [1.29, 1.82) is 0 Å². The Balaban J connectivity index is 2.61. The van der Waals surface area contributed by atoms with Crippen molar-refractivity contribution in [2.24, 2.45) is 0 Å². The summed E-state index contributed by atoms with van der Waals surface area (Å²) < 4.78 is 0. The predicted molar refractivity (Wildman–Crippen MR) is 64.9 cm³/mol. The minimum atomic E-state index is 0.365. The van der Waals surface area contributed by atoms with Crippen molar-refractivity contribution in [3.8, 4) is 0 Å². The molecule has 1 aromatic heterocycles. The zero-order chi connectivity index (χ0) is 10.8. The van der Waals surface area contributed by atoms with Crippen LogP contribution in [0.1, 0.15) is 13.8 Å². The second-order valence-corrected chi connectivity index (χ2v) is 3.90. The molecule has 0 unspecified atom stereocenters. The number of nitrogen functional groups attached to an aromatic ring is 1. The first-order valence-electron chi connectivity index (χ1n) is 5.08. The summed E-state index contributed by atoms with van der Waals surface area (Å²) in [4.78, 5) is 4.32. The van der Waals surface area contributed by atoms with Crippen molar-refractivity contribution >= 4 is 22.3 Å². The third-order valence-electron chi connectivity index (χ3n) is 2.27. The molecular weight excluding hydrogens is 186 g/mol. The van der Waals surface area contributed by atoms with Gasteiger partial charge in [0.25, 0.3) is 0 Å². The molecule has 0 aliphatic heterocycles. The Kier molecular flexibility index (Phi) is 2.46. The molecule has 78 valence electrons. The highest BCUT2D eigenvalue weighted by Crippen LogP contribution is 2.25. The summed E-state index contributed by atoms with van der Waals surface area (Å²) in [6, 6.07) is 8.19. The summed E-state index contributed by atoms with van der Waals surface area (Å²) in [5.74, 6) is 0.898. The Morgan fingerprint density at radius 2 is 2.00 bits per heavy atom. The first-order chi connectivity index (χ1) is 7.18. The fourth-order valence-corrected chi connectivity index (χ4v) is 1.62. The predicted octanol–water partition coefficient (Wildman–Crippen LogP) is 2.64. The van der Waals surface area contributed by atoms with Crippen molar-refractivity contribution in [2.75, 3.05) is 11.1 Å². The molecule has 0 spiro atoms. The highest BCUT2D eigenvalue weighted by atomic mass is 15.0. The molecule has 15 heavy (non-hydrogen) atoms. The lowest BCUT2D eigenvalue weighted by molar-refractivity contribution is 0.892. The minimum absolute atomic E-state index is 0.365. The van der Waals surface area contributed by atoms with Crippen LogP contribution in [0, 0.1) is 0 Å². The maximum atomic E-state index is 5.90. The fraction of sp³-hybridized carbons (Fsp3) is 0.250. The summed E-state index contributed by atoms with van der Waals surface area (Å²) in [5.41, 5.74) is 6.69. The van der Waals surface area contributed by atoms with E-state index < -0.39 is 0 Å². The number of fused-ring (bicyclic) bond motifs is 1. The second kappa shape index (κ2) is 3.77. The number of anilines is 2. The van der Waals surface area contributed by atoms with E-state index in [0.29, 0.717) is 6.04 Å². The van der Waals surface area contributed by atoms with E-state index in [0.717, 1.165) is 22.3 Å². The van der Waals surface area contributed by atoms with Gasteiger partial charge in [0.1, 0.15) is 5.82 Å². The van der Waals surface area contributed by atoms with Crippen LogP contribution in [0.3, 0.4) is 0 Å². The largest absolute Gasteiger partial charge is 0.398 e. The van der Waals surface area contributed by atoms with Crippen LogP contribution in [-0.4, -0.2) is 11.0 Å². The number of hydrogen-bond donors (Lipinski definition) is 2. The third-order valence-corrected chi connectivity index (χ3v) is 2.27. The molecule has 2 aromatic rings. The molecule has 0 saturated heterocycles. The average Bonchev–Trinajstić information content (AvgIpc) is 2.19. The van der Waals surface area contributed by atoms with E-state index in [-0.39, 0.29) is 0 Å². The van der Waals surface area contributed by atoms with Crippen molar-refractivity contribution in [3.05, 3.63) is 30.5 Å². The van der Waals surface area contributed by atoms with Gasteiger partial charge < -0.3 is 11.1 Å². The summed E-state index contributed by atoms with van der Waals surface area (Å²) in [7, 11) is 0. The van der Waals surface area contributed by atoms with E-state index in [1.54, 1.807) is 6.20 Å². The molecule has 0 saturated carbocycles. The number of nitrogens with two attached hydrogens (primary N) is 1. The van der Waals surface area contributed by atoms with Gasteiger partial charge in [0.15, 0.2) is 0 Å². The van der Waals surface area contributed by atoms with Crippen LogP contribution < -0.4 is 11.1 Å². The molecule has 0 aliphatic carbocycles. The van der Waals surface area contributed by atoms with Crippen molar-refractivity contribution in [2.45, 2.75) is 19.9 Å². The van der Waals surface area contributed by atoms with E-state index in [2.05, 4.69) is 24.1 Å². The monoisotopic (exact) mass is 201 g/mol. The standard InChI is InChI=1S/C12H15N3/c1-8(2)15-12-10-4-3-5-11(13)9(10)6-7-14-12/h3-8H,13H2,1-2H3,(H,14,15). The van der Waals surface area contributed by atoms with E-state index in [1.165, 1.54) is 0 Å². The normalized spacial score (nSPS) is 10.9. The van der Waals surface area contributed by atoms with Crippen molar-refractivity contribution in [3.63, 3.8) is 0 Å². The van der Waals surface area contributed by atoms with Gasteiger partial charge in [0.05, 0.1) is 0 Å². The smallest absolute Gasteiger partial charge is 0.134 e. The zero-order valence-electron chi connectivity index (χ0n) is 8.99. The van der Waals surface area contributed by atoms with Gasteiger partial charge in [0, 0.05) is 28.7 Å². The van der Waals surface area contributed by atoms with Crippen molar-refractivity contribution in [1.82, 2.24) is 4.98 Å². The van der Waals surface area contributed by atoms with E-state index >= 15 is 0 Å². The van der Waals surface area contributed by atoms with E-state index in [1.807, 2.05) is 24.3 Å². The van der Waals surface area contributed by atoms with Crippen LogP contribution in [0.15, 0.2) is 30.5 Å². The number of nitrogens with zero attached hydrogens (tertiary/aromatic N) is 1. The summed E-state index contributed by atoms with van der Waals surface area (Å²) >= 11 is 0. The quantitative estimate of drug-likeness (QED) is 0.734. The van der Waals surface area contributed by atoms with Gasteiger partial charge in [-0.3, -0.25) is 0 Å². The number of benzene rings is 1. The molecule has 3 heteroatoms. The molecule has 0 atom stereocenters. The molecule has 3 nitrogen and oxygen atoms in total. The molecular formula is C12H15N3. The molecule has 0 amide bonds. The van der Waals surface area contributed by atoms with Gasteiger partial charge in [0.2, 0.25) is 0 Å². The van der Waals surface area contributed by atoms with Gasteiger partial charge in [-0.1, -0.05) is 12.1 Å². The van der Waals surface area contributed by atoms with E-state index in [9.17, 15) is 0 Å². The third kappa shape index (κ3) is 1.86. The highest BCUT2D eigenvalue weighted by molar-refractivity contribution is 5.99. The summed E-state index contributed by atoms with van der Waals surface area (Å²) in [6.45, 7) is 4.18. The number of aromatic nitrogens is 1. The number of hydrogen-bond acceptors (Lipinski definition) is 3. The Morgan fingerprint density at radius 1 is 1.20 bits per heavy atom. The Morgan fingerprint density at radius 3 is 2.73 bits per heavy atom. The topological polar surface area (TPSA) is 50.9 Å². The lowest BCUT2D eigenvalue weighted by Crippen LogP contribution is -2.11. The molecule has 0 radical (unpaired) electrons. The van der Waals surface area contributed by atoms with Crippen LogP contribution in [0.25, 0.3) is 10.8 Å². The molecule has 1 aromatic carbocycles. The van der Waals surface area contributed by atoms with Crippen LogP contribution >= 0.6 is 0 Å². The number of rotatable bonds is 2. The fourth-order valence-electron chi connectivity index (χ4n) is 1.62. The molecule has 0 bridgehead atoms. The summed E-state index contributed by atoms with van der Waals surface area (Å²) in [6.07, 6.45) is 1.78. The van der Waals surface area contributed by atoms with Gasteiger partial charge in [-0.05, 0) is 26.0 Å².